The minimum atomic E-state index is -0.367. The molecule has 0 unspecified atom stereocenters. The van der Waals surface area contributed by atoms with Crippen LogP contribution in [0.1, 0.15) is 17.5 Å². The van der Waals surface area contributed by atoms with E-state index in [0.29, 0.717) is 23.7 Å². The van der Waals surface area contributed by atoms with E-state index in [-0.39, 0.29) is 11.9 Å². The van der Waals surface area contributed by atoms with E-state index in [0.717, 1.165) is 5.56 Å². The van der Waals surface area contributed by atoms with Gasteiger partial charge >= 0.3 is 0 Å². The van der Waals surface area contributed by atoms with Crippen molar-refractivity contribution in [3.05, 3.63) is 71.9 Å². The van der Waals surface area contributed by atoms with Gasteiger partial charge in [0.25, 0.3) is 0 Å². The summed E-state index contributed by atoms with van der Waals surface area (Å²) in [6, 6.07) is 15.4. The largest absolute Gasteiger partial charge is 0.337 e. The van der Waals surface area contributed by atoms with Crippen LogP contribution in [0.3, 0.4) is 0 Å². The second-order valence-electron chi connectivity index (χ2n) is 4.76. The Morgan fingerprint density at radius 2 is 1.76 bits per heavy atom. The molecular weight excluding hydrogens is 269 g/mol. The molecule has 1 aromatic heterocycles. The number of benzene rings is 2. The predicted molar refractivity (Wildman–Crippen MR) is 76.8 cm³/mol. The maximum absolute atomic E-state index is 12.9. The maximum atomic E-state index is 12.9. The van der Waals surface area contributed by atoms with E-state index in [1.165, 1.54) is 12.1 Å². The van der Waals surface area contributed by atoms with Crippen molar-refractivity contribution in [2.45, 2.75) is 12.5 Å². The van der Waals surface area contributed by atoms with Crippen LogP contribution in [0.2, 0.25) is 0 Å². The number of rotatable bonds is 4. The van der Waals surface area contributed by atoms with E-state index in [2.05, 4.69) is 10.1 Å². The summed E-state index contributed by atoms with van der Waals surface area (Å²) in [4.78, 5) is 4.28. The molecular formula is C16H14FN3O. The third-order valence-corrected chi connectivity index (χ3v) is 3.16. The average Bonchev–Trinajstić information content (AvgIpc) is 2.99. The average molecular weight is 283 g/mol. The summed E-state index contributed by atoms with van der Waals surface area (Å²) in [6.45, 7) is 0. The summed E-state index contributed by atoms with van der Waals surface area (Å²) < 4.78 is 18.1. The van der Waals surface area contributed by atoms with Crippen molar-refractivity contribution in [1.82, 2.24) is 10.1 Å². The number of halogens is 1. The zero-order valence-corrected chi connectivity index (χ0v) is 11.2. The summed E-state index contributed by atoms with van der Waals surface area (Å²) in [5, 5.41) is 3.89. The number of hydrogen-bond donors (Lipinski definition) is 1. The van der Waals surface area contributed by atoms with Crippen LogP contribution in [0.25, 0.3) is 11.4 Å². The minimum absolute atomic E-state index is 0.303. The lowest BCUT2D eigenvalue weighted by atomic mass is 10.1. The van der Waals surface area contributed by atoms with Gasteiger partial charge in [-0.25, -0.2) is 4.39 Å². The highest BCUT2D eigenvalue weighted by Gasteiger charge is 2.16. The lowest BCUT2D eigenvalue weighted by Crippen LogP contribution is -2.13. The molecule has 0 saturated heterocycles. The molecule has 5 heteroatoms. The topological polar surface area (TPSA) is 64.9 Å². The second kappa shape index (κ2) is 5.85. The van der Waals surface area contributed by atoms with Crippen molar-refractivity contribution >= 4 is 0 Å². The summed E-state index contributed by atoms with van der Waals surface area (Å²) in [5.74, 6) is 0.481. The normalized spacial score (nSPS) is 12.3. The van der Waals surface area contributed by atoms with Crippen molar-refractivity contribution < 1.29 is 8.91 Å². The molecule has 0 bridgehead atoms. The summed E-state index contributed by atoms with van der Waals surface area (Å²) in [7, 11) is 0. The molecule has 0 saturated carbocycles. The quantitative estimate of drug-likeness (QED) is 0.799. The van der Waals surface area contributed by atoms with E-state index in [9.17, 15) is 4.39 Å². The van der Waals surface area contributed by atoms with E-state index in [1.54, 1.807) is 12.1 Å². The molecule has 0 radical (unpaired) electrons. The van der Waals surface area contributed by atoms with E-state index in [4.69, 9.17) is 10.3 Å². The van der Waals surface area contributed by atoms with E-state index in [1.807, 2.05) is 30.3 Å². The van der Waals surface area contributed by atoms with E-state index < -0.39 is 0 Å². The fourth-order valence-electron chi connectivity index (χ4n) is 2.06. The molecule has 4 nitrogen and oxygen atoms in total. The van der Waals surface area contributed by atoms with Crippen LogP contribution in [0.5, 0.6) is 0 Å². The molecule has 106 valence electrons. The maximum Gasteiger partial charge on any atom is 0.244 e. The number of nitrogens with two attached hydrogens (primary N) is 1. The third kappa shape index (κ3) is 3.14. The van der Waals surface area contributed by atoms with Crippen LogP contribution >= 0.6 is 0 Å². The number of aromatic nitrogens is 2. The molecule has 3 aromatic rings. The van der Waals surface area contributed by atoms with Gasteiger partial charge in [0.15, 0.2) is 0 Å². The van der Waals surface area contributed by atoms with Gasteiger partial charge in [0.2, 0.25) is 11.7 Å². The predicted octanol–water partition coefficient (Wildman–Crippen LogP) is 3.12. The van der Waals surface area contributed by atoms with Crippen LogP contribution in [-0.2, 0) is 6.42 Å². The van der Waals surface area contributed by atoms with Crippen LogP contribution in [0.4, 0.5) is 4.39 Å². The van der Waals surface area contributed by atoms with Gasteiger partial charge in [-0.1, -0.05) is 35.5 Å². The highest BCUT2D eigenvalue weighted by molar-refractivity contribution is 5.53. The molecule has 3 rings (SSSR count). The molecule has 2 aromatic carbocycles. The molecule has 0 aliphatic heterocycles. The van der Waals surface area contributed by atoms with Crippen LogP contribution in [0.15, 0.2) is 59.1 Å². The van der Waals surface area contributed by atoms with Crippen molar-refractivity contribution in [1.29, 1.82) is 0 Å². The standard InChI is InChI=1S/C16H14FN3O/c17-13-8-6-12(7-9-13)15-19-16(21-20-15)14(18)10-11-4-2-1-3-5-11/h1-9,14H,10,18H2/t14-/m1/s1. The van der Waals surface area contributed by atoms with Crippen LogP contribution < -0.4 is 5.73 Å². The van der Waals surface area contributed by atoms with Crippen molar-refractivity contribution in [3.63, 3.8) is 0 Å². The van der Waals surface area contributed by atoms with Gasteiger partial charge in [-0.2, -0.15) is 4.98 Å². The monoisotopic (exact) mass is 283 g/mol. The van der Waals surface area contributed by atoms with Gasteiger partial charge in [0, 0.05) is 5.56 Å². The second-order valence-corrected chi connectivity index (χ2v) is 4.76. The lowest BCUT2D eigenvalue weighted by Gasteiger charge is -2.05. The Hall–Kier alpha value is -2.53. The van der Waals surface area contributed by atoms with Gasteiger partial charge in [-0.3, -0.25) is 0 Å². The van der Waals surface area contributed by atoms with Gasteiger partial charge < -0.3 is 10.3 Å². The molecule has 2 N–H and O–H groups in total. The van der Waals surface area contributed by atoms with Crippen molar-refractivity contribution in [2.24, 2.45) is 5.73 Å². The van der Waals surface area contributed by atoms with Crippen LogP contribution in [-0.4, -0.2) is 10.1 Å². The zero-order chi connectivity index (χ0) is 14.7. The summed E-state index contributed by atoms with van der Waals surface area (Å²) in [6.07, 6.45) is 0.617. The first-order valence-corrected chi connectivity index (χ1v) is 6.61. The van der Waals surface area contributed by atoms with Crippen molar-refractivity contribution in [3.8, 4) is 11.4 Å². The molecule has 1 heterocycles. The van der Waals surface area contributed by atoms with Gasteiger partial charge in [-0.05, 0) is 36.2 Å². The molecule has 0 aliphatic carbocycles. The Labute approximate surface area is 121 Å². The van der Waals surface area contributed by atoms with Crippen molar-refractivity contribution in [2.75, 3.05) is 0 Å². The Morgan fingerprint density at radius 3 is 2.48 bits per heavy atom. The highest BCUT2D eigenvalue weighted by atomic mass is 19.1. The lowest BCUT2D eigenvalue weighted by molar-refractivity contribution is 0.354. The molecule has 0 amide bonds. The summed E-state index contributed by atoms with van der Waals surface area (Å²) in [5.41, 5.74) is 7.88. The molecule has 0 fully saturated rings. The molecule has 0 aliphatic rings. The first-order chi connectivity index (χ1) is 10.2. The highest BCUT2D eigenvalue weighted by Crippen LogP contribution is 2.20. The Balaban J connectivity index is 1.76. The van der Waals surface area contributed by atoms with E-state index >= 15 is 0 Å². The Kier molecular flexibility index (Phi) is 3.75. The Morgan fingerprint density at radius 1 is 1.05 bits per heavy atom. The van der Waals surface area contributed by atoms with Gasteiger partial charge in [0.05, 0.1) is 6.04 Å². The fraction of sp³-hybridized carbons (Fsp3) is 0.125. The van der Waals surface area contributed by atoms with Gasteiger partial charge in [0.1, 0.15) is 5.82 Å². The fourth-order valence-corrected chi connectivity index (χ4v) is 2.06. The third-order valence-electron chi connectivity index (χ3n) is 3.16. The number of nitrogens with zero attached hydrogens (tertiary/aromatic N) is 2. The zero-order valence-electron chi connectivity index (χ0n) is 11.2. The SMILES string of the molecule is N[C@H](Cc1ccccc1)c1nc(-c2ccc(F)cc2)no1. The molecule has 1 atom stereocenters. The Bertz CT molecular complexity index is 710. The first kappa shape index (κ1) is 13.5. The smallest absolute Gasteiger partial charge is 0.244 e. The molecule has 21 heavy (non-hydrogen) atoms. The summed E-state index contributed by atoms with van der Waals surface area (Å²) >= 11 is 0. The minimum Gasteiger partial charge on any atom is -0.337 e. The van der Waals surface area contributed by atoms with Crippen LogP contribution in [0, 0.1) is 5.82 Å². The van der Waals surface area contributed by atoms with Gasteiger partial charge in [-0.15, -0.1) is 0 Å². The number of hydrogen-bond acceptors (Lipinski definition) is 4. The first-order valence-electron chi connectivity index (χ1n) is 6.61. The molecule has 0 spiro atoms.